The van der Waals surface area contributed by atoms with Gasteiger partial charge < -0.3 is 19.1 Å². The Hall–Kier alpha value is -3.06. The van der Waals surface area contributed by atoms with Crippen LogP contribution in [0.3, 0.4) is 0 Å². The number of piperidine rings is 1. The Kier molecular flexibility index (Phi) is 6.95. The third-order valence-electron chi connectivity index (χ3n) is 6.12. The van der Waals surface area contributed by atoms with Crippen molar-refractivity contribution in [3.63, 3.8) is 0 Å². The van der Waals surface area contributed by atoms with Gasteiger partial charge in [0.15, 0.2) is 17.3 Å². The van der Waals surface area contributed by atoms with Crippen molar-refractivity contribution in [3.05, 3.63) is 53.6 Å². The Morgan fingerprint density at radius 2 is 1.81 bits per heavy atom. The van der Waals surface area contributed by atoms with Gasteiger partial charge in [-0.2, -0.15) is 0 Å². The molecule has 0 atom stereocenters. The summed E-state index contributed by atoms with van der Waals surface area (Å²) in [4.78, 5) is 29.6. The number of carbonyl (C=O) groups is 2. The second kappa shape index (κ2) is 10.0. The van der Waals surface area contributed by atoms with Crippen LogP contribution in [-0.4, -0.2) is 68.5 Å². The van der Waals surface area contributed by atoms with E-state index < -0.39 is 0 Å². The minimum absolute atomic E-state index is 0.0292. The molecule has 0 bridgehead atoms. The third kappa shape index (κ3) is 5.22. The highest BCUT2D eigenvalue weighted by Crippen LogP contribution is 2.32. The van der Waals surface area contributed by atoms with Crippen LogP contribution >= 0.6 is 0 Å². The van der Waals surface area contributed by atoms with Crippen molar-refractivity contribution in [1.82, 2.24) is 9.80 Å². The molecule has 0 radical (unpaired) electrons. The summed E-state index contributed by atoms with van der Waals surface area (Å²) >= 11 is 0. The highest BCUT2D eigenvalue weighted by Gasteiger charge is 2.28. The summed E-state index contributed by atoms with van der Waals surface area (Å²) in [6, 6.07) is 13.2. The first-order chi connectivity index (χ1) is 15.5. The normalized spacial score (nSPS) is 16.4. The Morgan fingerprint density at radius 1 is 1.06 bits per heavy atom. The fraction of sp³-hybridized carbons (Fsp3) is 0.440. The largest absolute Gasteiger partial charge is 0.497 e. The number of hydrogen-bond donors (Lipinski definition) is 0. The lowest BCUT2D eigenvalue weighted by Crippen LogP contribution is -2.43. The zero-order valence-electron chi connectivity index (χ0n) is 18.7. The van der Waals surface area contributed by atoms with Gasteiger partial charge in [-0.05, 0) is 61.8 Å². The molecule has 0 N–H and O–H groups in total. The summed E-state index contributed by atoms with van der Waals surface area (Å²) in [7, 11) is 3.45. The van der Waals surface area contributed by atoms with Gasteiger partial charge in [-0.3, -0.25) is 14.5 Å². The minimum Gasteiger partial charge on any atom is -0.497 e. The van der Waals surface area contributed by atoms with E-state index in [4.69, 9.17) is 14.2 Å². The average Bonchev–Trinajstić information content (AvgIpc) is 2.83. The van der Waals surface area contributed by atoms with E-state index in [1.54, 1.807) is 18.1 Å². The zero-order chi connectivity index (χ0) is 22.5. The maximum absolute atomic E-state index is 13.0. The predicted octanol–water partition coefficient (Wildman–Crippen LogP) is 3.02. The summed E-state index contributed by atoms with van der Waals surface area (Å²) in [5.41, 5.74) is 1.70. The van der Waals surface area contributed by atoms with Crippen molar-refractivity contribution < 1.29 is 23.8 Å². The predicted molar refractivity (Wildman–Crippen MR) is 120 cm³/mol. The van der Waals surface area contributed by atoms with Gasteiger partial charge in [0, 0.05) is 25.1 Å². The number of carbonyl (C=O) groups excluding carboxylic acids is 2. The number of fused-ring (bicyclic) bond motifs is 1. The second-order valence-corrected chi connectivity index (χ2v) is 8.37. The molecule has 170 valence electrons. The SMILES string of the molecule is COc1cccc(CN(C)C(=O)CN2CCC(C(=O)c3ccc4c(c3)OCCO4)CC2)c1. The molecule has 2 aromatic carbocycles. The molecule has 32 heavy (non-hydrogen) atoms. The van der Waals surface area contributed by atoms with E-state index in [0.29, 0.717) is 43.4 Å². The maximum Gasteiger partial charge on any atom is 0.236 e. The van der Waals surface area contributed by atoms with E-state index in [-0.39, 0.29) is 17.6 Å². The van der Waals surface area contributed by atoms with Crippen LogP contribution in [0, 0.1) is 5.92 Å². The van der Waals surface area contributed by atoms with Gasteiger partial charge in [0.1, 0.15) is 19.0 Å². The van der Waals surface area contributed by atoms with E-state index in [1.165, 1.54) is 0 Å². The Labute approximate surface area is 188 Å². The van der Waals surface area contributed by atoms with Gasteiger partial charge in [-0.25, -0.2) is 0 Å². The van der Waals surface area contributed by atoms with E-state index in [1.807, 2.05) is 43.4 Å². The number of nitrogens with zero attached hydrogens (tertiary/aromatic N) is 2. The summed E-state index contributed by atoms with van der Waals surface area (Å²) in [6.45, 7) is 3.41. The molecule has 0 aromatic heterocycles. The van der Waals surface area contributed by atoms with E-state index in [2.05, 4.69) is 4.90 Å². The monoisotopic (exact) mass is 438 g/mol. The van der Waals surface area contributed by atoms with Crippen molar-refractivity contribution in [2.45, 2.75) is 19.4 Å². The number of benzene rings is 2. The number of methoxy groups -OCH3 is 1. The Bertz CT molecular complexity index is 969. The Morgan fingerprint density at radius 3 is 2.56 bits per heavy atom. The molecule has 4 rings (SSSR count). The van der Waals surface area contributed by atoms with Crippen LogP contribution in [0.4, 0.5) is 0 Å². The van der Waals surface area contributed by atoms with Gasteiger partial charge in [-0.15, -0.1) is 0 Å². The molecule has 1 amide bonds. The number of amides is 1. The highest BCUT2D eigenvalue weighted by atomic mass is 16.6. The quantitative estimate of drug-likeness (QED) is 0.619. The number of Topliss-reactive ketones (excluding diaryl/α,β-unsaturated/α-hetero) is 1. The molecule has 7 nitrogen and oxygen atoms in total. The number of rotatable bonds is 7. The van der Waals surface area contributed by atoms with Gasteiger partial charge in [0.25, 0.3) is 0 Å². The summed E-state index contributed by atoms with van der Waals surface area (Å²) in [6.07, 6.45) is 1.50. The molecule has 1 fully saturated rings. The van der Waals surface area contributed by atoms with Crippen LogP contribution in [-0.2, 0) is 11.3 Å². The van der Waals surface area contributed by atoms with Crippen LogP contribution < -0.4 is 14.2 Å². The molecule has 0 spiro atoms. The van der Waals surface area contributed by atoms with Gasteiger partial charge in [0.05, 0.1) is 13.7 Å². The van der Waals surface area contributed by atoms with E-state index in [9.17, 15) is 9.59 Å². The first-order valence-electron chi connectivity index (χ1n) is 11.1. The zero-order valence-corrected chi connectivity index (χ0v) is 18.7. The third-order valence-corrected chi connectivity index (χ3v) is 6.12. The van der Waals surface area contributed by atoms with Gasteiger partial charge >= 0.3 is 0 Å². The lowest BCUT2D eigenvalue weighted by atomic mass is 9.88. The van der Waals surface area contributed by atoms with Crippen molar-refractivity contribution in [3.8, 4) is 17.2 Å². The number of hydrogen-bond acceptors (Lipinski definition) is 6. The molecule has 0 unspecified atom stereocenters. The lowest BCUT2D eigenvalue weighted by molar-refractivity contribution is -0.131. The molecule has 2 aliphatic rings. The molecular formula is C25H30N2O5. The average molecular weight is 439 g/mol. The first kappa shape index (κ1) is 22.1. The van der Waals surface area contributed by atoms with Crippen molar-refractivity contribution in [1.29, 1.82) is 0 Å². The maximum atomic E-state index is 13.0. The molecule has 0 aliphatic carbocycles. The fourth-order valence-electron chi connectivity index (χ4n) is 4.23. The second-order valence-electron chi connectivity index (χ2n) is 8.37. The number of ether oxygens (including phenoxy) is 3. The van der Waals surface area contributed by atoms with Crippen LogP contribution in [0.2, 0.25) is 0 Å². The standard InChI is InChI=1S/C25H30N2O5/c1-26(16-18-4-3-5-21(14-18)30-2)24(28)17-27-10-8-19(9-11-27)25(29)20-6-7-22-23(15-20)32-13-12-31-22/h3-7,14-15,19H,8-13,16-17H2,1-2H3. The number of likely N-dealkylation sites (tertiary alicyclic amines) is 1. The van der Waals surface area contributed by atoms with Crippen LogP contribution in [0.1, 0.15) is 28.8 Å². The van der Waals surface area contributed by atoms with Crippen molar-refractivity contribution in [2.75, 3.05) is 47.0 Å². The van der Waals surface area contributed by atoms with Gasteiger partial charge in [0.2, 0.25) is 5.91 Å². The number of likely N-dealkylation sites (N-methyl/N-ethyl adjacent to an activating group) is 1. The molecule has 2 heterocycles. The molecule has 2 aromatic rings. The van der Waals surface area contributed by atoms with Crippen LogP contribution in [0.25, 0.3) is 0 Å². The number of ketones is 1. The Balaban J connectivity index is 1.27. The van der Waals surface area contributed by atoms with Gasteiger partial charge in [-0.1, -0.05) is 12.1 Å². The highest BCUT2D eigenvalue weighted by molar-refractivity contribution is 5.98. The topological polar surface area (TPSA) is 68.3 Å². The van der Waals surface area contributed by atoms with Crippen LogP contribution in [0.15, 0.2) is 42.5 Å². The summed E-state index contributed by atoms with van der Waals surface area (Å²) < 4.78 is 16.4. The molecule has 0 saturated carbocycles. The lowest BCUT2D eigenvalue weighted by Gasteiger charge is -2.32. The van der Waals surface area contributed by atoms with Crippen molar-refractivity contribution in [2.24, 2.45) is 5.92 Å². The smallest absolute Gasteiger partial charge is 0.236 e. The summed E-state index contributed by atoms with van der Waals surface area (Å²) in [5.74, 6) is 2.31. The minimum atomic E-state index is -0.0292. The van der Waals surface area contributed by atoms with E-state index in [0.717, 1.165) is 37.2 Å². The van der Waals surface area contributed by atoms with Crippen LogP contribution in [0.5, 0.6) is 17.2 Å². The summed E-state index contributed by atoms with van der Waals surface area (Å²) in [5, 5.41) is 0. The molecular weight excluding hydrogens is 408 g/mol. The first-order valence-corrected chi connectivity index (χ1v) is 11.1. The fourth-order valence-corrected chi connectivity index (χ4v) is 4.23. The molecule has 1 saturated heterocycles. The molecule has 7 heteroatoms. The van der Waals surface area contributed by atoms with E-state index >= 15 is 0 Å². The van der Waals surface area contributed by atoms with Crippen molar-refractivity contribution >= 4 is 11.7 Å². The molecule has 2 aliphatic heterocycles.